The smallest absolute Gasteiger partial charge is 0.414 e. The molecule has 1 aliphatic heterocycles. The third-order valence-corrected chi connectivity index (χ3v) is 5.79. The number of amides is 1. The van der Waals surface area contributed by atoms with Gasteiger partial charge < -0.3 is 4.74 Å². The summed E-state index contributed by atoms with van der Waals surface area (Å²) in [4.78, 5) is 13.7. The quantitative estimate of drug-likeness (QED) is 0.816. The average molecular weight is 395 g/mol. The Balaban J connectivity index is 1.64. The molecule has 0 spiro atoms. The molecule has 26 heavy (non-hydrogen) atoms. The number of aryl methyl sites for hydroxylation is 1. The van der Waals surface area contributed by atoms with E-state index in [1.54, 1.807) is 12.1 Å². The van der Waals surface area contributed by atoms with E-state index in [4.69, 9.17) is 16.3 Å². The number of halogens is 1. The molecule has 0 radical (unpaired) electrons. The largest absolute Gasteiger partial charge is 0.443 e. The van der Waals surface area contributed by atoms with Gasteiger partial charge in [-0.25, -0.2) is 17.9 Å². The number of nitrogens with one attached hydrogen (secondary N) is 1. The van der Waals surface area contributed by atoms with E-state index in [0.29, 0.717) is 5.02 Å². The highest BCUT2D eigenvalue weighted by atomic mass is 35.5. The molecule has 2 aromatic rings. The lowest BCUT2D eigenvalue weighted by Crippen LogP contribution is -2.34. The summed E-state index contributed by atoms with van der Waals surface area (Å²) in [6, 6.07) is 13.6. The lowest BCUT2D eigenvalue weighted by molar-refractivity contribution is 0.143. The van der Waals surface area contributed by atoms with Gasteiger partial charge in [0.25, 0.3) is 0 Å². The van der Waals surface area contributed by atoms with Crippen molar-refractivity contribution < 1.29 is 17.9 Å². The molecule has 0 bridgehead atoms. The van der Waals surface area contributed by atoms with Gasteiger partial charge in [-0.3, -0.25) is 4.90 Å². The number of hydrogen-bond acceptors (Lipinski definition) is 4. The summed E-state index contributed by atoms with van der Waals surface area (Å²) in [5.74, 6) is 0. The molecule has 1 aliphatic rings. The van der Waals surface area contributed by atoms with Crippen molar-refractivity contribution in [1.29, 1.82) is 0 Å². The molecule has 1 N–H and O–H groups in total. The van der Waals surface area contributed by atoms with Crippen LogP contribution in [0.5, 0.6) is 0 Å². The Bertz CT molecular complexity index is 900. The molecular formula is C18H19ClN2O4S. The van der Waals surface area contributed by atoms with Crippen LogP contribution in [-0.4, -0.2) is 33.7 Å². The van der Waals surface area contributed by atoms with E-state index in [2.05, 4.69) is 11.6 Å². The number of rotatable bonds is 6. The summed E-state index contributed by atoms with van der Waals surface area (Å²) in [5.41, 5.74) is 1.90. The molecule has 1 heterocycles. The van der Waals surface area contributed by atoms with E-state index in [-0.39, 0.29) is 18.0 Å². The van der Waals surface area contributed by atoms with Crippen molar-refractivity contribution in [3.05, 3.63) is 59.1 Å². The van der Waals surface area contributed by atoms with Gasteiger partial charge in [0.1, 0.15) is 6.10 Å². The molecule has 1 amide bonds. The Morgan fingerprint density at radius 1 is 1.23 bits per heavy atom. The lowest BCUT2D eigenvalue weighted by atomic mass is 10.1. The maximum atomic E-state index is 12.3. The predicted molar refractivity (Wildman–Crippen MR) is 100 cm³/mol. The Labute approximate surface area is 157 Å². The van der Waals surface area contributed by atoms with Gasteiger partial charge in [0, 0.05) is 17.3 Å². The Hall–Kier alpha value is -2.09. The number of nitrogens with zero attached hydrogens (tertiary/aromatic N) is 1. The Morgan fingerprint density at radius 2 is 1.96 bits per heavy atom. The van der Waals surface area contributed by atoms with Crippen molar-refractivity contribution in [2.75, 3.05) is 18.0 Å². The molecule has 1 fully saturated rings. The molecule has 0 aliphatic carbocycles. The van der Waals surface area contributed by atoms with E-state index in [0.717, 1.165) is 12.1 Å². The predicted octanol–water partition coefficient (Wildman–Crippen LogP) is 3.21. The first-order valence-corrected chi connectivity index (χ1v) is 10.1. The third kappa shape index (κ3) is 4.17. The van der Waals surface area contributed by atoms with Crippen LogP contribution in [0.25, 0.3) is 0 Å². The number of ether oxygens (including phenoxy) is 1. The minimum atomic E-state index is -3.72. The normalized spacial score (nSPS) is 17.4. The molecule has 0 saturated carbocycles. The highest BCUT2D eigenvalue weighted by Crippen LogP contribution is 2.22. The Kier molecular flexibility index (Phi) is 5.50. The van der Waals surface area contributed by atoms with Crippen LogP contribution in [0.15, 0.2) is 53.4 Å². The number of benzene rings is 2. The van der Waals surface area contributed by atoms with Gasteiger partial charge in [-0.15, -0.1) is 0 Å². The van der Waals surface area contributed by atoms with Gasteiger partial charge in [0.15, 0.2) is 0 Å². The van der Waals surface area contributed by atoms with Gasteiger partial charge in [0.2, 0.25) is 10.0 Å². The van der Waals surface area contributed by atoms with E-state index in [1.165, 1.54) is 22.6 Å². The molecular weight excluding hydrogens is 376 g/mol. The molecule has 2 aromatic carbocycles. The first-order valence-electron chi connectivity index (χ1n) is 8.21. The van der Waals surface area contributed by atoms with E-state index in [9.17, 15) is 13.2 Å². The summed E-state index contributed by atoms with van der Waals surface area (Å²) in [6.07, 6.45) is -0.137. The second-order valence-corrected chi connectivity index (χ2v) is 8.15. The van der Waals surface area contributed by atoms with Crippen LogP contribution < -0.4 is 9.62 Å². The molecule has 138 valence electrons. The number of carbonyl (C=O) groups is 1. The van der Waals surface area contributed by atoms with Crippen LogP contribution in [0, 0.1) is 0 Å². The molecule has 3 rings (SSSR count). The second-order valence-electron chi connectivity index (χ2n) is 5.95. The van der Waals surface area contributed by atoms with Gasteiger partial charge in [0.05, 0.1) is 11.4 Å². The molecule has 1 unspecified atom stereocenters. The SMILES string of the molecule is CCc1ccc(N2CC(CNS(=O)(=O)c3cccc(Cl)c3)OC2=O)cc1. The number of cyclic esters (lactones) is 1. The van der Waals surface area contributed by atoms with Crippen molar-refractivity contribution in [3.63, 3.8) is 0 Å². The summed E-state index contributed by atoms with van der Waals surface area (Å²) in [6.45, 7) is 2.33. The minimum absolute atomic E-state index is 0.00979. The fourth-order valence-corrected chi connectivity index (χ4v) is 4.04. The molecule has 0 aromatic heterocycles. The number of sulfonamides is 1. The monoisotopic (exact) mass is 394 g/mol. The zero-order valence-corrected chi connectivity index (χ0v) is 15.8. The Morgan fingerprint density at radius 3 is 2.62 bits per heavy atom. The van der Waals surface area contributed by atoms with Crippen LogP contribution >= 0.6 is 11.6 Å². The van der Waals surface area contributed by atoms with Crippen molar-refractivity contribution >= 4 is 33.4 Å². The second kappa shape index (κ2) is 7.65. The topological polar surface area (TPSA) is 75.7 Å². The summed E-state index contributed by atoms with van der Waals surface area (Å²) < 4.78 is 32.4. The van der Waals surface area contributed by atoms with Crippen LogP contribution in [0.2, 0.25) is 5.02 Å². The number of anilines is 1. The fourth-order valence-electron chi connectivity index (χ4n) is 2.67. The zero-order chi connectivity index (χ0) is 18.7. The standard InChI is InChI=1S/C18H19ClN2O4S/c1-2-13-6-8-15(9-7-13)21-12-16(25-18(21)22)11-20-26(23,24)17-5-3-4-14(19)10-17/h3-10,16,20H,2,11-12H2,1H3. The van der Waals surface area contributed by atoms with Crippen LogP contribution in [0.3, 0.4) is 0 Å². The van der Waals surface area contributed by atoms with Gasteiger partial charge in [-0.05, 0) is 42.3 Å². The maximum absolute atomic E-state index is 12.3. The highest BCUT2D eigenvalue weighted by Gasteiger charge is 2.33. The van der Waals surface area contributed by atoms with Gasteiger partial charge in [-0.2, -0.15) is 0 Å². The third-order valence-electron chi connectivity index (χ3n) is 4.14. The van der Waals surface area contributed by atoms with Crippen LogP contribution in [0.1, 0.15) is 12.5 Å². The summed E-state index contributed by atoms with van der Waals surface area (Å²) >= 11 is 5.84. The van der Waals surface area contributed by atoms with Crippen molar-refractivity contribution in [2.45, 2.75) is 24.3 Å². The molecule has 1 atom stereocenters. The zero-order valence-electron chi connectivity index (χ0n) is 14.2. The maximum Gasteiger partial charge on any atom is 0.414 e. The van der Waals surface area contributed by atoms with Crippen molar-refractivity contribution in [2.24, 2.45) is 0 Å². The van der Waals surface area contributed by atoms with E-state index >= 15 is 0 Å². The summed E-state index contributed by atoms with van der Waals surface area (Å²) in [7, 11) is -3.72. The van der Waals surface area contributed by atoms with Crippen molar-refractivity contribution in [1.82, 2.24) is 4.72 Å². The van der Waals surface area contributed by atoms with E-state index < -0.39 is 22.2 Å². The summed E-state index contributed by atoms with van der Waals surface area (Å²) in [5, 5.41) is 0.335. The number of carbonyl (C=O) groups excluding carboxylic acids is 1. The van der Waals surface area contributed by atoms with Gasteiger partial charge in [-0.1, -0.05) is 36.7 Å². The first-order chi connectivity index (χ1) is 12.4. The first kappa shape index (κ1) is 18.7. The number of hydrogen-bond donors (Lipinski definition) is 1. The van der Waals surface area contributed by atoms with E-state index in [1.807, 2.05) is 24.3 Å². The fraction of sp³-hybridized carbons (Fsp3) is 0.278. The molecule has 6 nitrogen and oxygen atoms in total. The van der Waals surface area contributed by atoms with Gasteiger partial charge >= 0.3 is 6.09 Å². The molecule has 8 heteroatoms. The molecule has 1 saturated heterocycles. The highest BCUT2D eigenvalue weighted by molar-refractivity contribution is 7.89. The van der Waals surface area contributed by atoms with Crippen LogP contribution in [0.4, 0.5) is 10.5 Å². The minimum Gasteiger partial charge on any atom is -0.443 e. The van der Waals surface area contributed by atoms with Crippen molar-refractivity contribution in [3.8, 4) is 0 Å². The lowest BCUT2D eigenvalue weighted by Gasteiger charge is -2.13. The average Bonchev–Trinajstić information content (AvgIpc) is 3.01. The van der Waals surface area contributed by atoms with Crippen LogP contribution in [-0.2, 0) is 21.2 Å².